The molecule has 0 aliphatic heterocycles. The van der Waals surface area contributed by atoms with E-state index < -0.39 is 0 Å². The second-order valence-corrected chi connectivity index (χ2v) is 5.54. The fourth-order valence-corrected chi connectivity index (χ4v) is 2.88. The lowest BCUT2D eigenvalue weighted by molar-refractivity contribution is -0.142. The number of benzene rings is 1. The Morgan fingerprint density at radius 3 is 2.84 bits per heavy atom. The van der Waals surface area contributed by atoms with Crippen LogP contribution in [-0.2, 0) is 16.0 Å². The first-order valence-corrected chi connectivity index (χ1v) is 7.44. The zero-order valence-electron chi connectivity index (χ0n) is 11.5. The number of esters is 1. The minimum Gasteiger partial charge on any atom is -0.466 e. The van der Waals surface area contributed by atoms with Crippen molar-refractivity contribution in [2.75, 3.05) is 12.4 Å². The minimum atomic E-state index is -0.240. The molecular formula is C15H18O3S. The molecule has 2 aromatic rings. The molecule has 0 fully saturated rings. The molecule has 0 aliphatic rings. The van der Waals surface area contributed by atoms with Gasteiger partial charge in [0.05, 0.1) is 11.5 Å². The van der Waals surface area contributed by atoms with Gasteiger partial charge in [-0.25, -0.2) is 0 Å². The standard InChI is InChI=1S/C15H18O3S/c1-4-17-14(16)9-13-15(19-5-2)11-8-10(3)6-7-12(11)18-13/h6-8H,4-5,9H2,1-3H3. The van der Waals surface area contributed by atoms with E-state index in [9.17, 15) is 4.79 Å². The minimum absolute atomic E-state index is 0.198. The number of carbonyl (C=O) groups excluding carboxylic acids is 1. The van der Waals surface area contributed by atoms with Crippen molar-refractivity contribution in [3.05, 3.63) is 29.5 Å². The summed E-state index contributed by atoms with van der Waals surface area (Å²) in [6.45, 7) is 6.35. The lowest BCUT2D eigenvalue weighted by atomic mass is 10.2. The molecule has 0 amide bonds. The molecule has 19 heavy (non-hydrogen) atoms. The van der Waals surface area contributed by atoms with Crippen molar-refractivity contribution in [3.8, 4) is 0 Å². The Balaban J connectivity index is 2.41. The maximum atomic E-state index is 11.6. The molecule has 1 aromatic heterocycles. The van der Waals surface area contributed by atoms with Gasteiger partial charge in [-0.2, -0.15) is 0 Å². The quantitative estimate of drug-likeness (QED) is 0.613. The van der Waals surface area contributed by atoms with Crippen molar-refractivity contribution < 1.29 is 13.9 Å². The van der Waals surface area contributed by atoms with Crippen LogP contribution in [0.3, 0.4) is 0 Å². The number of hydrogen-bond donors (Lipinski definition) is 0. The van der Waals surface area contributed by atoms with Crippen LogP contribution in [-0.4, -0.2) is 18.3 Å². The highest BCUT2D eigenvalue weighted by Gasteiger charge is 2.17. The second-order valence-electron chi connectivity index (χ2n) is 4.27. The Kier molecular flexibility index (Phi) is 4.53. The van der Waals surface area contributed by atoms with Crippen LogP contribution in [0.15, 0.2) is 27.5 Å². The average molecular weight is 278 g/mol. The second kappa shape index (κ2) is 6.15. The third kappa shape index (κ3) is 3.13. The molecule has 4 heteroatoms. The van der Waals surface area contributed by atoms with Crippen molar-refractivity contribution in [1.29, 1.82) is 0 Å². The molecule has 0 spiro atoms. The number of hydrogen-bond acceptors (Lipinski definition) is 4. The van der Waals surface area contributed by atoms with Crippen LogP contribution in [0, 0.1) is 6.92 Å². The van der Waals surface area contributed by atoms with Gasteiger partial charge in [-0.15, -0.1) is 11.8 Å². The zero-order chi connectivity index (χ0) is 13.8. The van der Waals surface area contributed by atoms with Crippen LogP contribution >= 0.6 is 11.8 Å². The summed E-state index contributed by atoms with van der Waals surface area (Å²) in [6, 6.07) is 6.07. The van der Waals surface area contributed by atoms with Crippen molar-refractivity contribution in [3.63, 3.8) is 0 Å². The van der Waals surface area contributed by atoms with Crippen molar-refractivity contribution in [2.45, 2.75) is 32.1 Å². The normalized spacial score (nSPS) is 10.9. The molecule has 0 radical (unpaired) electrons. The van der Waals surface area contributed by atoms with Crippen LogP contribution in [0.2, 0.25) is 0 Å². The van der Waals surface area contributed by atoms with Crippen LogP contribution in [0.25, 0.3) is 11.0 Å². The predicted octanol–water partition coefficient (Wildman–Crippen LogP) is 3.96. The fourth-order valence-electron chi connectivity index (χ4n) is 2.00. The summed E-state index contributed by atoms with van der Waals surface area (Å²) in [4.78, 5) is 12.7. The first kappa shape index (κ1) is 14.0. The van der Waals surface area contributed by atoms with E-state index in [1.807, 2.05) is 19.1 Å². The van der Waals surface area contributed by atoms with Crippen LogP contribution in [0.4, 0.5) is 0 Å². The maximum Gasteiger partial charge on any atom is 0.313 e. The van der Waals surface area contributed by atoms with Gasteiger partial charge in [0.15, 0.2) is 0 Å². The molecule has 102 valence electrons. The first-order chi connectivity index (χ1) is 9.15. The number of thioether (sulfide) groups is 1. The van der Waals surface area contributed by atoms with Crippen LogP contribution < -0.4 is 0 Å². The van der Waals surface area contributed by atoms with E-state index in [0.29, 0.717) is 12.4 Å². The highest BCUT2D eigenvalue weighted by Crippen LogP contribution is 2.35. The zero-order valence-corrected chi connectivity index (χ0v) is 12.3. The van der Waals surface area contributed by atoms with E-state index in [-0.39, 0.29) is 12.4 Å². The van der Waals surface area contributed by atoms with Gasteiger partial charge in [0, 0.05) is 5.39 Å². The predicted molar refractivity (Wildman–Crippen MR) is 77.7 cm³/mol. The monoisotopic (exact) mass is 278 g/mol. The van der Waals surface area contributed by atoms with E-state index >= 15 is 0 Å². The van der Waals surface area contributed by atoms with E-state index in [4.69, 9.17) is 9.15 Å². The summed E-state index contributed by atoms with van der Waals surface area (Å²) < 4.78 is 10.8. The molecule has 0 saturated heterocycles. The molecule has 1 aromatic carbocycles. The van der Waals surface area contributed by atoms with E-state index in [1.54, 1.807) is 11.8 Å². The van der Waals surface area contributed by atoms with Gasteiger partial charge in [-0.05, 0) is 31.7 Å². The number of rotatable bonds is 5. The Morgan fingerprint density at radius 2 is 2.16 bits per heavy atom. The molecule has 0 saturated carbocycles. The number of furan rings is 1. The SMILES string of the molecule is CCOC(=O)Cc1oc2ccc(C)cc2c1SCC. The summed E-state index contributed by atoms with van der Waals surface area (Å²) in [5.41, 5.74) is 2.02. The van der Waals surface area contributed by atoms with Gasteiger partial charge in [0.2, 0.25) is 0 Å². The molecule has 3 nitrogen and oxygen atoms in total. The highest BCUT2D eigenvalue weighted by atomic mass is 32.2. The Morgan fingerprint density at radius 1 is 1.37 bits per heavy atom. The third-order valence-corrected chi connectivity index (χ3v) is 3.79. The van der Waals surface area contributed by atoms with Gasteiger partial charge in [0.25, 0.3) is 0 Å². The van der Waals surface area contributed by atoms with E-state index in [2.05, 4.69) is 19.9 Å². The molecule has 1 heterocycles. The topological polar surface area (TPSA) is 39.4 Å². The third-order valence-electron chi connectivity index (χ3n) is 2.76. The largest absolute Gasteiger partial charge is 0.466 e. The molecule has 0 atom stereocenters. The van der Waals surface area contributed by atoms with Crippen LogP contribution in [0.5, 0.6) is 0 Å². The van der Waals surface area contributed by atoms with Gasteiger partial charge < -0.3 is 9.15 Å². The maximum absolute atomic E-state index is 11.6. The Bertz CT molecular complexity index is 586. The van der Waals surface area contributed by atoms with E-state index in [1.165, 1.54) is 5.56 Å². The van der Waals surface area contributed by atoms with Crippen molar-refractivity contribution in [1.82, 2.24) is 0 Å². The average Bonchev–Trinajstić information content (AvgIpc) is 2.68. The molecule has 0 unspecified atom stereocenters. The van der Waals surface area contributed by atoms with Gasteiger partial charge in [-0.3, -0.25) is 4.79 Å². The lowest BCUT2D eigenvalue weighted by Gasteiger charge is -2.02. The van der Waals surface area contributed by atoms with Gasteiger partial charge >= 0.3 is 5.97 Å². The number of ether oxygens (including phenoxy) is 1. The fraction of sp³-hybridized carbons (Fsp3) is 0.400. The van der Waals surface area contributed by atoms with E-state index in [0.717, 1.165) is 21.6 Å². The molecule has 0 aliphatic carbocycles. The molecule has 0 N–H and O–H groups in total. The summed E-state index contributed by atoms with van der Waals surface area (Å²) in [5, 5.41) is 1.09. The Hall–Kier alpha value is -1.42. The summed E-state index contributed by atoms with van der Waals surface area (Å²) in [5.74, 6) is 1.42. The summed E-state index contributed by atoms with van der Waals surface area (Å²) in [6.07, 6.45) is 0.198. The summed E-state index contributed by atoms with van der Waals surface area (Å²) >= 11 is 1.71. The Labute approximate surface area is 117 Å². The number of carbonyl (C=O) groups is 1. The number of aryl methyl sites for hydroxylation is 1. The van der Waals surface area contributed by atoms with Crippen molar-refractivity contribution in [2.24, 2.45) is 0 Å². The van der Waals surface area contributed by atoms with Gasteiger partial charge in [-0.1, -0.05) is 18.6 Å². The van der Waals surface area contributed by atoms with Crippen LogP contribution in [0.1, 0.15) is 25.2 Å². The lowest BCUT2D eigenvalue weighted by Crippen LogP contribution is -2.07. The smallest absolute Gasteiger partial charge is 0.313 e. The molecular weight excluding hydrogens is 260 g/mol. The van der Waals surface area contributed by atoms with Crippen molar-refractivity contribution >= 4 is 28.7 Å². The molecule has 2 rings (SSSR count). The first-order valence-electron chi connectivity index (χ1n) is 6.46. The van der Waals surface area contributed by atoms with Gasteiger partial charge in [0.1, 0.15) is 17.8 Å². The summed E-state index contributed by atoms with van der Waals surface area (Å²) in [7, 11) is 0. The number of fused-ring (bicyclic) bond motifs is 1. The highest BCUT2D eigenvalue weighted by molar-refractivity contribution is 7.99. The molecule has 0 bridgehead atoms.